The zero-order chi connectivity index (χ0) is 13.3. The minimum atomic E-state index is -4.40. The number of alkyl halides is 3. The summed E-state index contributed by atoms with van der Waals surface area (Å²) in [6, 6.07) is 1.75. The van der Waals surface area contributed by atoms with Gasteiger partial charge < -0.3 is 10.6 Å². The maximum absolute atomic E-state index is 12.4. The van der Waals surface area contributed by atoms with Gasteiger partial charge in [-0.3, -0.25) is 4.79 Å². The van der Waals surface area contributed by atoms with Crippen LogP contribution in [0.4, 0.5) is 19.0 Å². The second-order valence-electron chi connectivity index (χ2n) is 4.16. The Kier molecular flexibility index (Phi) is 3.14. The molecule has 1 aromatic rings. The highest BCUT2D eigenvalue weighted by molar-refractivity contribution is 5.83. The fourth-order valence-corrected chi connectivity index (χ4v) is 2.06. The fraction of sp³-hybridized carbons (Fsp3) is 0.455. The molecule has 98 valence electrons. The summed E-state index contributed by atoms with van der Waals surface area (Å²) in [6.45, 7) is 0.575. The lowest BCUT2D eigenvalue weighted by atomic mass is 10.2. The van der Waals surface area contributed by atoms with Gasteiger partial charge in [-0.15, -0.1) is 0 Å². The molecule has 18 heavy (non-hydrogen) atoms. The number of hydrogen-bond donors (Lipinski definition) is 1. The Bertz CT molecular complexity index is 444. The molecule has 4 nitrogen and oxygen atoms in total. The number of carbonyl (C=O) groups excluding carboxylic acids is 1. The minimum absolute atomic E-state index is 0.351. The third-order valence-corrected chi connectivity index (χ3v) is 2.95. The van der Waals surface area contributed by atoms with Gasteiger partial charge in [0.2, 0.25) is 5.91 Å². The summed E-state index contributed by atoms with van der Waals surface area (Å²) in [7, 11) is 0. The first kappa shape index (κ1) is 12.7. The van der Waals surface area contributed by atoms with Crippen LogP contribution < -0.4 is 10.6 Å². The molecule has 1 saturated heterocycles. The number of aromatic nitrogens is 1. The topological polar surface area (TPSA) is 59.2 Å². The van der Waals surface area contributed by atoms with E-state index in [1.54, 1.807) is 4.90 Å². The Morgan fingerprint density at radius 3 is 2.67 bits per heavy atom. The average Bonchev–Trinajstić information content (AvgIpc) is 2.77. The van der Waals surface area contributed by atoms with Gasteiger partial charge in [-0.05, 0) is 25.0 Å². The van der Waals surface area contributed by atoms with E-state index in [4.69, 9.17) is 5.73 Å². The number of nitrogens with two attached hydrogens (primary N) is 1. The Balaban J connectivity index is 2.22. The van der Waals surface area contributed by atoms with Gasteiger partial charge in [0.05, 0.1) is 5.56 Å². The monoisotopic (exact) mass is 259 g/mol. The van der Waals surface area contributed by atoms with Gasteiger partial charge in [-0.2, -0.15) is 13.2 Å². The third-order valence-electron chi connectivity index (χ3n) is 2.95. The van der Waals surface area contributed by atoms with Crippen molar-refractivity contribution >= 4 is 11.7 Å². The highest BCUT2D eigenvalue weighted by atomic mass is 19.4. The molecule has 1 aromatic heterocycles. The first-order valence-corrected chi connectivity index (χ1v) is 5.49. The Morgan fingerprint density at radius 1 is 1.44 bits per heavy atom. The molecule has 1 fully saturated rings. The molecule has 0 bridgehead atoms. The lowest BCUT2D eigenvalue weighted by Gasteiger charge is -2.23. The van der Waals surface area contributed by atoms with Crippen molar-refractivity contribution in [2.45, 2.75) is 25.1 Å². The van der Waals surface area contributed by atoms with Crippen LogP contribution in [0.15, 0.2) is 18.3 Å². The molecule has 0 radical (unpaired) electrons. The van der Waals surface area contributed by atoms with Crippen molar-refractivity contribution in [1.82, 2.24) is 4.98 Å². The lowest BCUT2D eigenvalue weighted by molar-refractivity contribution is -0.137. The molecular weight excluding hydrogens is 247 g/mol. The van der Waals surface area contributed by atoms with Crippen LogP contribution in [-0.4, -0.2) is 23.5 Å². The summed E-state index contributed by atoms with van der Waals surface area (Å²) in [4.78, 5) is 16.6. The molecule has 2 heterocycles. The molecule has 1 atom stereocenters. The van der Waals surface area contributed by atoms with Crippen LogP contribution in [0.5, 0.6) is 0 Å². The third kappa shape index (κ3) is 2.39. The van der Waals surface area contributed by atoms with Crippen LogP contribution in [-0.2, 0) is 11.0 Å². The van der Waals surface area contributed by atoms with E-state index in [0.29, 0.717) is 18.8 Å². The molecule has 2 N–H and O–H groups in total. The van der Waals surface area contributed by atoms with Crippen LogP contribution in [0.2, 0.25) is 0 Å². The normalized spacial score (nSPS) is 20.2. The molecule has 1 aliphatic rings. The van der Waals surface area contributed by atoms with Crippen LogP contribution >= 0.6 is 0 Å². The zero-order valence-corrected chi connectivity index (χ0v) is 9.44. The standard InChI is InChI=1S/C11H12F3N3O/c12-11(13,14)7-3-4-9(16-6-7)17-5-1-2-8(17)10(15)18/h3-4,6,8H,1-2,5H2,(H2,15,18). The van der Waals surface area contributed by atoms with Crippen LogP contribution in [0, 0.1) is 0 Å². The molecular formula is C11H12F3N3O. The maximum Gasteiger partial charge on any atom is 0.417 e. The molecule has 1 unspecified atom stereocenters. The Morgan fingerprint density at radius 2 is 2.17 bits per heavy atom. The van der Waals surface area contributed by atoms with Gasteiger partial charge in [0.15, 0.2) is 0 Å². The zero-order valence-electron chi connectivity index (χ0n) is 9.44. The molecule has 2 rings (SSSR count). The number of rotatable bonds is 2. The molecule has 0 saturated carbocycles. The number of primary amides is 1. The number of nitrogens with zero attached hydrogens (tertiary/aromatic N) is 2. The van der Waals surface area contributed by atoms with Crippen molar-refractivity contribution in [3.63, 3.8) is 0 Å². The van der Waals surface area contributed by atoms with Crippen molar-refractivity contribution in [3.8, 4) is 0 Å². The van der Waals surface area contributed by atoms with Crippen molar-refractivity contribution in [2.24, 2.45) is 5.73 Å². The van der Waals surface area contributed by atoms with Crippen LogP contribution in [0.25, 0.3) is 0 Å². The van der Waals surface area contributed by atoms with Crippen molar-refractivity contribution in [2.75, 3.05) is 11.4 Å². The van der Waals surface area contributed by atoms with Gasteiger partial charge in [-0.25, -0.2) is 4.98 Å². The highest BCUT2D eigenvalue weighted by Crippen LogP contribution is 2.30. The number of carbonyl (C=O) groups is 1. The number of anilines is 1. The van der Waals surface area contributed by atoms with Crippen molar-refractivity contribution < 1.29 is 18.0 Å². The highest BCUT2D eigenvalue weighted by Gasteiger charge is 2.33. The predicted molar refractivity (Wildman–Crippen MR) is 58.8 cm³/mol. The summed E-state index contributed by atoms with van der Waals surface area (Å²) in [5, 5.41) is 0. The predicted octanol–water partition coefficient (Wildman–Crippen LogP) is 1.55. The molecule has 1 aliphatic heterocycles. The summed E-state index contributed by atoms with van der Waals surface area (Å²) >= 11 is 0. The first-order chi connectivity index (χ1) is 8.39. The van der Waals surface area contributed by atoms with Gasteiger partial charge in [0.25, 0.3) is 0 Å². The summed E-state index contributed by atoms with van der Waals surface area (Å²) in [5.41, 5.74) is 4.43. The molecule has 7 heteroatoms. The van der Waals surface area contributed by atoms with Gasteiger partial charge >= 0.3 is 6.18 Å². The quantitative estimate of drug-likeness (QED) is 0.876. The van der Waals surface area contributed by atoms with E-state index >= 15 is 0 Å². The number of hydrogen-bond acceptors (Lipinski definition) is 3. The largest absolute Gasteiger partial charge is 0.417 e. The summed E-state index contributed by atoms with van der Waals surface area (Å²) in [6.07, 6.45) is -2.25. The van der Waals surface area contributed by atoms with Crippen LogP contribution in [0.3, 0.4) is 0 Å². The van der Waals surface area contributed by atoms with Gasteiger partial charge in [-0.1, -0.05) is 0 Å². The van der Waals surface area contributed by atoms with E-state index in [-0.39, 0.29) is 0 Å². The Hall–Kier alpha value is -1.79. The molecule has 0 spiro atoms. The second-order valence-corrected chi connectivity index (χ2v) is 4.16. The number of pyridine rings is 1. The fourth-order valence-electron chi connectivity index (χ4n) is 2.06. The molecule has 1 amide bonds. The van der Waals surface area contributed by atoms with Crippen molar-refractivity contribution in [3.05, 3.63) is 23.9 Å². The first-order valence-electron chi connectivity index (χ1n) is 5.49. The average molecular weight is 259 g/mol. The minimum Gasteiger partial charge on any atom is -0.368 e. The summed E-state index contributed by atoms with van der Waals surface area (Å²) < 4.78 is 37.1. The molecule has 0 aromatic carbocycles. The van der Waals surface area contributed by atoms with E-state index in [0.717, 1.165) is 18.7 Å². The SMILES string of the molecule is NC(=O)C1CCCN1c1ccc(C(F)(F)F)cn1. The van der Waals surface area contributed by atoms with E-state index in [2.05, 4.69) is 4.98 Å². The van der Waals surface area contributed by atoms with E-state index < -0.39 is 23.7 Å². The molecule has 0 aliphatic carbocycles. The summed E-state index contributed by atoms with van der Waals surface area (Å²) in [5.74, 6) is -0.126. The van der Waals surface area contributed by atoms with Crippen LogP contribution in [0.1, 0.15) is 18.4 Å². The van der Waals surface area contributed by atoms with Crippen molar-refractivity contribution in [1.29, 1.82) is 0 Å². The smallest absolute Gasteiger partial charge is 0.368 e. The number of halogens is 3. The second kappa shape index (κ2) is 4.47. The van der Waals surface area contributed by atoms with Gasteiger partial charge in [0.1, 0.15) is 11.9 Å². The maximum atomic E-state index is 12.4. The van der Waals surface area contributed by atoms with Gasteiger partial charge in [0, 0.05) is 12.7 Å². The van der Waals surface area contributed by atoms with E-state index in [9.17, 15) is 18.0 Å². The van der Waals surface area contributed by atoms with E-state index in [1.807, 2.05) is 0 Å². The van der Waals surface area contributed by atoms with E-state index in [1.165, 1.54) is 6.07 Å². The lowest BCUT2D eigenvalue weighted by Crippen LogP contribution is -2.40. The Labute approximate surface area is 102 Å². The number of amides is 1.